The lowest BCUT2D eigenvalue weighted by Crippen LogP contribution is -2.20. The van der Waals surface area contributed by atoms with E-state index >= 15 is 0 Å². The van der Waals surface area contributed by atoms with Crippen molar-refractivity contribution < 1.29 is 19.1 Å². The summed E-state index contributed by atoms with van der Waals surface area (Å²) < 4.78 is 11.1. The Morgan fingerprint density at radius 2 is 1.59 bits per heavy atom. The van der Waals surface area contributed by atoms with E-state index in [1.807, 2.05) is 50.2 Å². The van der Waals surface area contributed by atoms with Crippen LogP contribution in [0.1, 0.15) is 32.3 Å². The molecular formula is C25H27N3O4. The smallest absolute Gasteiger partial charge is 0.240 e. The number of hydrogen-bond acceptors (Lipinski definition) is 5. The Hall–Kier alpha value is -3.87. The van der Waals surface area contributed by atoms with Crippen molar-refractivity contribution in [2.75, 3.05) is 18.5 Å². The van der Waals surface area contributed by atoms with Crippen molar-refractivity contribution >= 4 is 34.5 Å². The molecule has 0 heterocycles. The second kappa shape index (κ2) is 11.5. The van der Waals surface area contributed by atoms with Crippen molar-refractivity contribution in [3.63, 3.8) is 0 Å². The summed E-state index contributed by atoms with van der Waals surface area (Å²) in [6.45, 7) is 4.92. The topological polar surface area (TPSA) is 89.0 Å². The minimum absolute atomic E-state index is 0.0219. The minimum Gasteiger partial charge on any atom is -0.494 e. The molecule has 0 saturated carbocycles. The first-order valence-electron chi connectivity index (χ1n) is 10.6. The third-order valence-corrected chi connectivity index (χ3v) is 4.64. The summed E-state index contributed by atoms with van der Waals surface area (Å²) in [7, 11) is 0. The molecule has 3 aromatic carbocycles. The lowest BCUT2D eigenvalue weighted by atomic mass is 10.0. The molecule has 0 aliphatic carbocycles. The van der Waals surface area contributed by atoms with E-state index in [9.17, 15) is 9.59 Å². The van der Waals surface area contributed by atoms with E-state index in [-0.39, 0.29) is 24.7 Å². The zero-order valence-corrected chi connectivity index (χ0v) is 18.3. The third kappa shape index (κ3) is 6.31. The third-order valence-electron chi connectivity index (χ3n) is 4.64. The zero-order valence-electron chi connectivity index (χ0n) is 18.3. The molecular weight excluding hydrogens is 406 g/mol. The molecule has 3 aromatic rings. The Kier molecular flexibility index (Phi) is 8.20. The Morgan fingerprint density at radius 3 is 2.34 bits per heavy atom. The van der Waals surface area contributed by atoms with Gasteiger partial charge in [-0.1, -0.05) is 30.3 Å². The summed E-state index contributed by atoms with van der Waals surface area (Å²) in [5.74, 6) is 0.836. The van der Waals surface area contributed by atoms with Crippen LogP contribution in [0.5, 0.6) is 11.5 Å². The van der Waals surface area contributed by atoms with Gasteiger partial charge in [-0.25, -0.2) is 5.43 Å². The molecule has 0 fully saturated rings. The molecule has 166 valence electrons. The molecule has 2 N–H and O–H groups in total. The number of hydrogen-bond donors (Lipinski definition) is 2. The molecule has 0 aromatic heterocycles. The quantitative estimate of drug-likeness (QED) is 0.364. The van der Waals surface area contributed by atoms with Gasteiger partial charge in [0.25, 0.3) is 0 Å². The molecule has 3 rings (SSSR count). The maximum atomic E-state index is 12.1. The van der Waals surface area contributed by atoms with Crippen LogP contribution < -0.4 is 20.2 Å². The van der Waals surface area contributed by atoms with Gasteiger partial charge < -0.3 is 14.8 Å². The standard InChI is InChI=1S/C25H27N3O4/c1-3-31-20-12-10-19(11-13-20)27-24(29)15-16-25(30)28-26-17-22-21-8-6-5-7-18(21)9-14-23(22)32-4-2/h5-14,17H,3-4,15-16H2,1-2H3,(H,27,29)(H,28,30). The number of amides is 2. The Labute approximate surface area is 187 Å². The van der Waals surface area contributed by atoms with Crippen molar-refractivity contribution in [2.45, 2.75) is 26.7 Å². The molecule has 2 amide bonds. The summed E-state index contributed by atoms with van der Waals surface area (Å²) in [4.78, 5) is 24.2. The lowest BCUT2D eigenvalue weighted by Gasteiger charge is -2.10. The van der Waals surface area contributed by atoms with Crippen molar-refractivity contribution in [3.8, 4) is 11.5 Å². The maximum absolute atomic E-state index is 12.1. The van der Waals surface area contributed by atoms with Gasteiger partial charge in [-0.15, -0.1) is 0 Å². The van der Waals surface area contributed by atoms with E-state index in [4.69, 9.17) is 9.47 Å². The molecule has 0 spiro atoms. The largest absolute Gasteiger partial charge is 0.494 e. The van der Waals surface area contributed by atoms with Gasteiger partial charge in [0, 0.05) is 24.1 Å². The van der Waals surface area contributed by atoms with Gasteiger partial charge in [0.1, 0.15) is 11.5 Å². The van der Waals surface area contributed by atoms with E-state index in [1.165, 1.54) is 0 Å². The minimum atomic E-state index is -0.346. The number of hydrazone groups is 1. The van der Waals surface area contributed by atoms with E-state index < -0.39 is 0 Å². The van der Waals surface area contributed by atoms with E-state index in [2.05, 4.69) is 15.8 Å². The van der Waals surface area contributed by atoms with Gasteiger partial charge in [0.2, 0.25) is 11.8 Å². The summed E-state index contributed by atoms with van der Waals surface area (Å²) in [5.41, 5.74) is 3.92. The predicted molar refractivity (Wildman–Crippen MR) is 126 cm³/mol. The van der Waals surface area contributed by atoms with Crippen LogP contribution in [-0.2, 0) is 9.59 Å². The fourth-order valence-electron chi connectivity index (χ4n) is 3.17. The second-order valence-electron chi connectivity index (χ2n) is 6.93. The van der Waals surface area contributed by atoms with Gasteiger partial charge >= 0.3 is 0 Å². The number of nitrogens with one attached hydrogen (secondary N) is 2. The lowest BCUT2D eigenvalue weighted by molar-refractivity contribution is -0.124. The van der Waals surface area contributed by atoms with Crippen LogP contribution in [0.25, 0.3) is 10.8 Å². The average Bonchev–Trinajstić information content (AvgIpc) is 2.80. The molecule has 7 nitrogen and oxygen atoms in total. The SMILES string of the molecule is CCOc1ccc(NC(=O)CCC(=O)NN=Cc2c(OCC)ccc3ccccc23)cc1. The van der Waals surface area contributed by atoms with Crippen LogP contribution in [0.4, 0.5) is 5.69 Å². The molecule has 0 aliphatic rings. The number of rotatable bonds is 10. The number of nitrogens with zero attached hydrogens (tertiary/aromatic N) is 1. The molecule has 0 atom stereocenters. The van der Waals surface area contributed by atoms with Gasteiger partial charge in [-0.3, -0.25) is 9.59 Å². The number of ether oxygens (including phenoxy) is 2. The first kappa shape index (κ1) is 22.8. The van der Waals surface area contributed by atoms with Crippen LogP contribution in [-0.4, -0.2) is 31.2 Å². The zero-order chi connectivity index (χ0) is 22.8. The fourth-order valence-corrected chi connectivity index (χ4v) is 3.17. The molecule has 32 heavy (non-hydrogen) atoms. The molecule has 0 aliphatic heterocycles. The van der Waals surface area contributed by atoms with E-state index in [1.54, 1.807) is 30.5 Å². The van der Waals surface area contributed by atoms with Gasteiger partial charge in [-0.2, -0.15) is 5.10 Å². The highest BCUT2D eigenvalue weighted by atomic mass is 16.5. The van der Waals surface area contributed by atoms with Crippen LogP contribution in [0.15, 0.2) is 65.8 Å². The summed E-state index contributed by atoms with van der Waals surface area (Å²) >= 11 is 0. The summed E-state index contributed by atoms with van der Waals surface area (Å²) in [5, 5.41) is 8.86. The van der Waals surface area contributed by atoms with Crippen molar-refractivity contribution in [1.29, 1.82) is 0 Å². The number of fused-ring (bicyclic) bond motifs is 1. The Bertz CT molecular complexity index is 1090. The highest BCUT2D eigenvalue weighted by Crippen LogP contribution is 2.26. The van der Waals surface area contributed by atoms with Gasteiger partial charge in [0.05, 0.1) is 19.4 Å². The van der Waals surface area contributed by atoms with Gasteiger partial charge in [-0.05, 0) is 55.0 Å². The van der Waals surface area contributed by atoms with Crippen LogP contribution in [0.3, 0.4) is 0 Å². The van der Waals surface area contributed by atoms with Crippen LogP contribution in [0.2, 0.25) is 0 Å². The monoisotopic (exact) mass is 433 g/mol. The summed E-state index contributed by atoms with van der Waals surface area (Å²) in [6, 6.07) is 18.8. The molecule has 0 unspecified atom stereocenters. The molecule has 0 bridgehead atoms. The number of anilines is 1. The molecule has 0 radical (unpaired) electrons. The average molecular weight is 434 g/mol. The number of benzene rings is 3. The first-order valence-corrected chi connectivity index (χ1v) is 10.6. The highest BCUT2D eigenvalue weighted by Gasteiger charge is 2.09. The molecule has 7 heteroatoms. The number of carbonyl (C=O) groups is 2. The van der Waals surface area contributed by atoms with E-state index in [0.29, 0.717) is 24.7 Å². The Morgan fingerprint density at radius 1 is 0.875 bits per heavy atom. The van der Waals surface area contributed by atoms with E-state index in [0.717, 1.165) is 22.1 Å². The normalized spacial score (nSPS) is 10.8. The number of carbonyl (C=O) groups excluding carboxylic acids is 2. The Balaban J connectivity index is 1.53. The van der Waals surface area contributed by atoms with Crippen LogP contribution >= 0.6 is 0 Å². The maximum Gasteiger partial charge on any atom is 0.240 e. The predicted octanol–water partition coefficient (Wildman–Crippen LogP) is 4.51. The van der Waals surface area contributed by atoms with Crippen molar-refractivity contribution in [3.05, 3.63) is 66.2 Å². The first-order chi connectivity index (χ1) is 15.6. The van der Waals surface area contributed by atoms with Crippen molar-refractivity contribution in [1.82, 2.24) is 5.43 Å². The highest BCUT2D eigenvalue weighted by molar-refractivity contribution is 6.02. The second-order valence-corrected chi connectivity index (χ2v) is 6.93. The summed E-state index contributed by atoms with van der Waals surface area (Å²) in [6.07, 6.45) is 1.65. The van der Waals surface area contributed by atoms with Gasteiger partial charge in [0.15, 0.2) is 0 Å². The molecule has 0 saturated heterocycles. The van der Waals surface area contributed by atoms with Crippen molar-refractivity contribution in [2.24, 2.45) is 5.10 Å². The fraction of sp³-hybridized carbons (Fsp3) is 0.240. The van der Waals surface area contributed by atoms with Crippen LogP contribution in [0, 0.1) is 0 Å².